The van der Waals surface area contributed by atoms with Crippen molar-refractivity contribution in [1.82, 2.24) is 14.8 Å². The van der Waals surface area contributed by atoms with Crippen molar-refractivity contribution in [3.05, 3.63) is 95.7 Å². The number of aryl methyl sites for hydroxylation is 1. The van der Waals surface area contributed by atoms with Crippen molar-refractivity contribution in [2.45, 2.75) is 19.0 Å². The van der Waals surface area contributed by atoms with Gasteiger partial charge in [0.1, 0.15) is 11.3 Å². The minimum atomic E-state index is -4.59. The molecule has 9 heteroatoms. The number of fused-ring (bicyclic) bond motifs is 4. The van der Waals surface area contributed by atoms with Gasteiger partial charge in [-0.1, -0.05) is 18.2 Å². The Bertz CT molecular complexity index is 1580. The van der Waals surface area contributed by atoms with Crippen LogP contribution in [0.4, 0.5) is 13.2 Å². The smallest absolute Gasteiger partial charge is 0.435 e. The van der Waals surface area contributed by atoms with E-state index < -0.39 is 17.8 Å². The van der Waals surface area contributed by atoms with Gasteiger partial charge in [-0.2, -0.15) is 18.3 Å². The van der Waals surface area contributed by atoms with Gasteiger partial charge in [-0.3, -0.25) is 4.98 Å². The molecular weight excluding hydrogens is 459 g/mol. The number of rotatable bonds is 3. The average molecular weight is 475 g/mol. The molecule has 174 valence electrons. The first-order valence-electron chi connectivity index (χ1n) is 10.8. The third-order valence-corrected chi connectivity index (χ3v) is 6.00. The quantitative estimate of drug-likeness (QED) is 0.236. The minimum Gasteiger partial charge on any atom is -0.469 e. The Morgan fingerprint density at radius 3 is 2.60 bits per heavy atom. The second kappa shape index (κ2) is 7.83. The molecule has 6 nitrogen and oxygen atoms in total. The van der Waals surface area contributed by atoms with Crippen LogP contribution >= 0.6 is 0 Å². The number of carbonyl (C=O) groups is 1. The SMILES string of the molecule is O=C(Oc1cccc2cccnc12)c1ccc(-n2nc(C(F)(F)F)c3c2-c2ccoc2CC3)cc1. The second-order valence-corrected chi connectivity index (χ2v) is 8.11. The fraction of sp³-hybridized carbons (Fsp3) is 0.115. The Kier molecular flexibility index (Phi) is 4.73. The van der Waals surface area contributed by atoms with Crippen molar-refractivity contribution in [3.8, 4) is 22.7 Å². The molecule has 0 bridgehead atoms. The average Bonchev–Trinajstić information content (AvgIpc) is 3.49. The summed E-state index contributed by atoms with van der Waals surface area (Å²) < 4.78 is 53.4. The van der Waals surface area contributed by atoms with Crippen LogP contribution in [-0.4, -0.2) is 20.7 Å². The first-order chi connectivity index (χ1) is 16.9. The Labute approximate surface area is 196 Å². The Hall–Kier alpha value is -4.40. The molecule has 6 rings (SSSR count). The molecule has 0 spiro atoms. The number of ether oxygens (including phenoxy) is 1. The highest BCUT2D eigenvalue weighted by Crippen LogP contribution is 2.42. The molecule has 3 aromatic heterocycles. The van der Waals surface area contributed by atoms with Gasteiger partial charge < -0.3 is 9.15 Å². The second-order valence-electron chi connectivity index (χ2n) is 8.11. The summed E-state index contributed by atoms with van der Waals surface area (Å²) in [7, 11) is 0. The number of nitrogens with zero attached hydrogens (tertiary/aromatic N) is 3. The van der Waals surface area contributed by atoms with Crippen LogP contribution in [0.3, 0.4) is 0 Å². The van der Waals surface area contributed by atoms with E-state index in [1.165, 1.54) is 23.1 Å². The fourth-order valence-electron chi connectivity index (χ4n) is 4.42. The lowest BCUT2D eigenvalue weighted by Gasteiger charge is -2.15. The van der Waals surface area contributed by atoms with Gasteiger partial charge in [0.05, 0.1) is 23.2 Å². The van der Waals surface area contributed by atoms with E-state index in [1.54, 1.807) is 42.6 Å². The lowest BCUT2D eigenvalue weighted by atomic mass is 9.94. The summed E-state index contributed by atoms with van der Waals surface area (Å²) in [6.07, 6.45) is -0.968. The number of carbonyl (C=O) groups excluding carboxylic acids is 1. The molecule has 0 atom stereocenters. The van der Waals surface area contributed by atoms with Gasteiger partial charge in [0, 0.05) is 29.1 Å². The molecule has 0 unspecified atom stereocenters. The number of alkyl halides is 3. The largest absolute Gasteiger partial charge is 0.469 e. The Morgan fingerprint density at radius 2 is 1.80 bits per heavy atom. The number of para-hydroxylation sites is 1. The zero-order valence-corrected chi connectivity index (χ0v) is 18.0. The maximum Gasteiger partial charge on any atom is 0.435 e. The third-order valence-electron chi connectivity index (χ3n) is 6.00. The molecule has 3 heterocycles. The topological polar surface area (TPSA) is 70.2 Å². The fourth-order valence-corrected chi connectivity index (χ4v) is 4.42. The summed E-state index contributed by atoms with van der Waals surface area (Å²) in [5.41, 5.74) is 1.34. The molecule has 0 fully saturated rings. The number of esters is 1. The van der Waals surface area contributed by atoms with Gasteiger partial charge >= 0.3 is 12.1 Å². The highest BCUT2D eigenvalue weighted by atomic mass is 19.4. The van der Waals surface area contributed by atoms with Gasteiger partial charge in [-0.15, -0.1) is 0 Å². The monoisotopic (exact) mass is 475 g/mol. The number of hydrogen-bond donors (Lipinski definition) is 0. The van der Waals surface area contributed by atoms with Gasteiger partial charge in [-0.05, 0) is 48.9 Å². The van der Waals surface area contributed by atoms with E-state index in [4.69, 9.17) is 9.15 Å². The third kappa shape index (κ3) is 3.56. The zero-order valence-electron chi connectivity index (χ0n) is 18.0. The van der Waals surface area contributed by atoms with E-state index in [0.29, 0.717) is 40.4 Å². The zero-order chi connectivity index (χ0) is 24.2. The van der Waals surface area contributed by atoms with Crippen LogP contribution in [0.25, 0.3) is 27.8 Å². The Balaban J connectivity index is 1.35. The van der Waals surface area contributed by atoms with Crippen LogP contribution in [0.2, 0.25) is 0 Å². The van der Waals surface area contributed by atoms with Crippen LogP contribution < -0.4 is 4.74 Å². The van der Waals surface area contributed by atoms with E-state index in [9.17, 15) is 18.0 Å². The summed E-state index contributed by atoms with van der Waals surface area (Å²) in [5, 5.41) is 4.74. The molecule has 5 aromatic rings. The van der Waals surface area contributed by atoms with Crippen molar-refractivity contribution >= 4 is 16.9 Å². The molecule has 1 aliphatic carbocycles. The number of furan rings is 1. The maximum atomic E-state index is 13.7. The summed E-state index contributed by atoms with van der Waals surface area (Å²) in [4.78, 5) is 17.0. The first kappa shape index (κ1) is 21.2. The van der Waals surface area contributed by atoms with E-state index in [2.05, 4.69) is 10.1 Å². The van der Waals surface area contributed by atoms with E-state index in [0.717, 1.165) is 5.39 Å². The summed E-state index contributed by atoms with van der Waals surface area (Å²) in [5.74, 6) is 0.335. The molecule has 1 aliphatic rings. The number of benzene rings is 2. The maximum absolute atomic E-state index is 13.7. The van der Waals surface area contributed by atoms with Crippen molar-refractivity contribution in [2.24, 2.45) is 0 Å². The summed E-state index contributed by atoms with van der Waals surface area (Å²) in [6, 6.07) is 16.7. The number of hydrogen-bond acceptors (Lipinski definition) is 5. The molecule has 2 aromatic carbocycles. The molecule has 0 saturated heterocycles. The van der Waals surface area contributed by atoms with Crippen LogP contribution in [0.15, 0.2) is 77.5 Å². The van der Waals surface area contributed by atoms with Crippen LogP contribution in [-0.2, 0) is 19.0 Å². The predicted octanol–water partition coefficient (Wildman–Crippen LogP) is 6.02. The Morgan fingerprint density at radius 1 is 1.00 bits per heavy atom. The molecule has 0 aliphatic heterocycles. The first-order valence-corrected chi connectivity index (χ1v) is 10.8. The molecule has 0 radical (unpaired) electrons. The van der Waals surface area contributed by atoms with Crippen molar-refractivity contribution in [2.75, 3.05) is 0 Å². The molecule has 0 N–H and O–H groups in total. The highest BCUT2D eigenvalue weighted by molar-refractivity contribution is 5.94. The standard InChI is InChI=1S/C26H16F3N3O3/c27-26(28,29)24-19-10-11-20-18(12-14-34-20)23(19)32(31-24)17-8-6-16(7-9-17)25(33)35-21-5-1-3-15-4-2-13-30-22(15)21/h1-9,12-14H,10-11H2. The normalized spacial score (nSPS) is 12.9. The van der Waals surface area contributed by atoms with E-state index in [1.807, 2.05) is 12.1 Å². The van der Waals surface area contributed by atoms with Gasteiger partial charge in [-0.25, -0.2) is 9.48 Å². The van der Waals surface area contributed by atoms with Gasteiger partial charge in [0.2, 0.25) is 0 Å². The van der Waals surface area contributed by atoms with Gasteiger partial charge in [0.15, 0.2) is 11.4 Å². The molecular formula is C26H16F3N3O3. The van der Waals surface area contributed by atoms with E-state index >= 15 is 0 Å². The van der Waals surface area contributed by atoms with Crippen LogP contribution in [0, 0.1) is 0 Å². The highest BCUT2D eigenvalue weighted by Gasteiger charge is 2.41. The van der Waals surface area contributed by atoms with Crippen LogP contribution in [0.1, 0.15) is 27.4 Å². The predicted molar refractivity (Wildman–Crippen MR) is 120 cm³/mol. The summed E-state index contributed by atoms with van der Waals surface area (Å²) >= 11 is 0. The van der Waals surface area contributed by atoms with Crippen molar-refractivity contribution in [3.63, 3.8) is 0 Å². The molecule has 0 saturated carbocycles. The lowest BCUT2D eigenvalue weighted by Crippen LogP contribution is -2.11. The van der Waals surface area contributed by atoms with Crippen molar-refractivity contribution < 1.29 is 27.1 Å². The number of pyridine rings is 1. The molecule has 0 amide bonds. The van der Waals surface area contributed by atoms with Crippen molar-refractivity contribution in [1.29, 1.82) is 0 Å². The van der Waals surface area contributed by atoms with Gasteiger partial charge in [0.25, 0.3) is 0 Å². The van der Waals surface area contributed by atoms with E-state index in [-0.39, 0.29) is 17.5 Å². The molecule has 35 heavy (non-hydrogen) atoms. The van der Waals surface area contributed by atoms with Crippen LogP contribution in [0.5, 0.6) is 5.75 Å². The minimum absolute atomic E-state index is 0.137. The number of aromatic nitrogens is 3. The summed E-state index contributed by atoms with van der Waals surface area (Å²) in [6.45, 7) is 0. The lowest BCUT2D eigenvalue weighted by molar-refractivity contribution is -0.142. The number of halogens is 3.